The van der Waals surface area contributed by atoms with E-state index in [0.29, 0.717) is 12.1 Å². The molecular formula is C19H19N5O3. The number of carbonyl (C=O) groups excluding carboxylic acids is 2. The van der Waals surface area contributed by atoms with Crippen LogP contribution in [0.1, 0.15) is 18.5 Å². The van der Waals surface area contributed by atoms with Gasteiger partial charge in [-0.15, -0.1) is 5.10 Å². The number of nitrogens with zero attached hydrogens (tertiary/aromatic N) is 4. The van der Waals surface area contributed by atoms with Crippen molar-refractivity contribution in [3.05, 3.63) is 72.6 Å². The average Bonchev–Trinajstić information content (AvgIpc) is 3.22. The molecule has 0 unspecified atom stereocenters. The van der Waals surface area contributed by atoms with Crippen molar-refractivity contribution in [2.24, 2.45) is 0 Å². The Morgan fingerprint density at radius 1 is 1.07 bits per heavy atom. The first-order valence-electron chi connectivity index (χ1n) is 8.46. The van der Waals surface area contributed by atoms with Crippen molar-refractivity contribution in [2.45, 2.75) is 25.5 Å². The van der Waals surface area contributed by atoms with Crippen molar-refractivity contribution in [1.82, 2.24) is 20.2 Å². The molecule has 8 nitrogen and oxygen atoms in total. The molecule has 1 N–H and O–H groups in total. The van der Waals surface area contributed by atoms with E-state index in [2.05, 4.69) is 20.8 Å². The van der Waals surface area contributed by atoms with Gasteiger partial charge in [0.15, 0.2) is 12.1 Å². The van der Waals surface area contributed by atoms with Crippen LogP contribution < -0.4 is 5.32 Å². The van der Waals surface area contributed by atoms with Crippen LogP contribution in [0.2, 0.25) is 0 Å². The molecule has 0 aliphatic carbocycles. The van der Waals surface area contributed by atoms with Crippen molar-refractivity contribution >= 4 is 17.6 Å². The number of rotatable bonds is 7. The molecule has 2 aromatic carbocycles. The molecule has 27 heavy (non-hydrogen) atoms. The van der Waals surface area contributed by atoms with Gasteiger partial charge in [0, 0.05) is 12.1 Å². The van der Waals surface area contributed by atoms with Gasteiger partial charge in [-0.1, -0.05) is 48.5 Å². The third kappa shape index (κ3) is 4.97. The largest absolute Gasteiger partial charge is 0.451 e. The highest BCUT2D eigenvalue weighted by atomic mass is 16.5. The first-order chi connectivity index (χ1) is 13.1. The van der Waals surface area contributed by atoms with Crippen LogP contribution in [0.25, 0.3) is 0 Å². The topological polar surface area (TPSA) is 99.0 Å². The summed E-state index contributed by atoms with van der Waals surface area (Å²) in [5.41, 5.74) is 1.56. The minimum absolute atomic E-state index is 0.345. The number of hydrogen-bond acceptors (Lipinski definition) is 6. The normalized spacial score (nSPS) is 12.8. The number of benzene rings is 2. The molecule has 0 bridgehead atoms. The maximum Gasteiger partial charge on any atom is 0.332 e. The van der Waals surface area contributed by atoms with Crippen LogP contribution in [0.15, 0.2) is 67.0 Å². The highest BCUT2D eigenvalue weighted by molar-refractivity contribution is 5.95. The molecule has 3 aromatic rings. The molecule has 1 aromatic heterocycles. The van der Waals surface area contributed by atoms with E-state index in [1.807, 2.05) is 36.4 Å². The number of esters is 1. The van der Waals surface area contributed by atoms with E-state index >= 15 is 0 Å². The zero-order valence-corrected chi connectivity index (χ0v) is 14.7. The molecule has 1 amide bonds. The van der Waals surface area contributed by atoms with Crippen LogP contribution in [-0.4, -0.2) is 38.2 Å². The summed E-state index contributed by atoms with van der Waals surface area (Å²) in [6, 6.07) is 17.7. The first kappa shape index (κ1) is 18.2. The predicted octanol–water partition coefficient (Wildman–Crippen LogP) is 2.03. The summed E-state index contributed by atoms with van der Waals surface area (Å²) in [4.78, 5) is 25.0. The Labute approximate surface area is 156 Å². The van der Waals surface area contributed by atoms with Crippen LogP contribution in [0.5, 0.6) is 0 Å². The van der Waals surface area contributed by atoms with Gasteiger partial charge in [0.2, 0.25) is 0 Å². The lowest BCUT2D eigenvalue weighted by Gasteiger charge is -2.19. The fourth-order valence-corrected chi connectivity index (χ4v) is 2.51. The summed E-state index contributed by atoms with van der Waals surface area (Å²) < 4.78 is 6.71. The molecule has 0 saturated carbocycles. The van der Waals surface area contributed by atoms with Gasteiger partial charge in [-0.3, -0.25) is 4.79 Å². The molecule has 3 rings (SSSR count). The fraction of sp³-hybridized carbons (Fsp3) is 0.211. The number of aromatic nitrogens is 4. The van der Waals surface area contributed by atoms with E-state index in [1.54, 1.807) is 24.3 Å². The Balaban J connectivity index is 1.67. The molecular weight excluding hydrogens is 346 g/mol. The third-order valence-electron chi connectivity index (χ3n) is 3.93. The van der Waals surface area contributed by atoms with Crippen molar-refractivity contribution < 1.29 is 14.3 Å². The van der Waals surface area contributed by atoms with Crippen molar-refractivity contribution in [3.8, 4) is 0 Å². The van der Waals surface area contributed by atoms with Crippen LogP contribution in [-0.2, 0) is 20.7 Å². The zero-order valence-electron chi connectivity index (χ0n) is 14.7. The van der Waals surface area contributed by atoms with Crippen molar-refractivity contribution in [1.29, 1.82) is 0 Å². The van der Waals surface area contributed by atoms with E-state index in [1.165, 1.54) is 17.9 Å². The number of tetrazole rings is 1. The number of hydrogen-bond donors (Lipinski definition) is 1. The van der Waals surface area contributed by atoms with E-state index in [9.17, 15) is 9.59 Å². The molecule has 0 aliphatic heterocycles. The van der Waals surface area contributed by atoms with Gasteiger partial charge in [-0.25, -0.2) is 9.48 Å². The van der Waals surface area contributed by atoms with Crippen LogP contribution >= 0.6 is 0 Å². The summed E-state index contributed by atoms with van der Waals surface area (Å²) in [5, 5.41) is 13.7. The molecule has 1 heterocycles. The number of nitrogens with one attached hydrogen (secondary N) is 1. The minimum Gasteiger partial charge on any atom is -0.451 e. The summed E-state index contributed by atoms with van der Waals surface area (Å²) in [7, 11) is 0. The van der Waals surface area contributed by atoms with Gasteiger partial charge in [0.25, 0.3) is 5.91 Å². The number of anilines is 1. The smallest absolute Gasteiger partial charge is 0.332 e. The van der Waals surface area contributed by atoms with E-state index < -0.39 is 24.0 Å². The summed E-state index contributed by atoms with van der Waals surface area (Å²) in [6.07, 6.45) is 0.730. The SMILES string of the molecule is C[C@H](OC(=O)[C@H](Cc1ccccc1)n1cnnn1)C(=O)Nc1ccccc1. The van der Waals surface area contributed by atoms with Gasteiger partial charge < -0.3 is 10.1 Å². The fourth-order valence-electron chi connectivity index (χ4n) is 2.51. The maximum atomic E-state index is 12.7. The number of carbonyl (C=O) groups is 2. The third-order valence-corrected chi connectivity index (χ3v) is 3.93. The molecule has 0 fully saturated rings. The zero-order chi connectivity index (χ0) is 19.1. The summed E-state index contributed by atoms with van der Waals surface area (Å²) in [5.74, 6) is -0.994. The van der Waals surface area contributed by atoms with Gasteiger partial charge >= 0.3 is 5.97 Å². The molecule has 0 spiro atoms. The molecule has 0 saturated heterocycles. The Kier molecular flexibility index (Phi) is 5.88. The lowest BCUT2D eigenvalue weighted by Crippen LogP contribution is -2.34. The Morgan fingerprint density at radius 2 is 1.74 bits per heavy atom. The second kappa shape index (κ2) is 8.70. The predicted molar refractivity (Wildman–Crippen MR) is 97.6 cm³/mol. The van der Waals surface area contributed by atoms with E-state index in [0.717, 1.165) is 5.56 Å². The second-order valence-electron chi connectivity index (χ2n) is 5.93. The lowest BCUT2D eigenvalue weighted by atomic mass is 10.1. The van der Waals surface area contributed by atoms with Crippen LogP contribution in [0.3, 0.4) is 0 Å². The van der Waals surface area contributed by atoms with Gasteiger partial charge in [0.05, 0.1) is 0 Å². The Hall–Kier alpha value is -3.55. The number of amides is 1. The average molecular weight is 365 g/mol. The molecule has 2 atom stereocenters. The summed E-state index contributed by atoms with van der Waals surface area (Å²) in [6.45, 7) is 1.52. The Bertz CT molecular complexity index is 869. The maximum absolute atomic E-state index is 12.7. The summed E-state index contributed by atoms with van der Waals surface area (Å²) >= 11 is 0. The van der Waals surface area contributed by atoms with E-state index in [-0.39, 0.29) is 0 Å². The van der Waals surface area contributed by atoms with Gasteiger partial charge in [-0.2, -0.15) is 0 Å². The molecule has 138 valence electrons. The highest BCUT2D eigenvalue weighted by Crippen LogP contribution is 2.16. The van der Waals surface area contributed by atoms with Crippen LogP contribution in [0, 0.1) is 0 Å². The first-order valence-corrected chi connectivity index (χ1v) is 8.46. The van der Waals surface area contributed by atoms with Crippen molar-refractivity contribution in [2.75, 3.05) is 5.32 Å². The lowest BCUT2D eigenvalue weighted by molar-refractivity contribution is -0.156. The second-order valence-corrected chi connectivity index (χ2v) is 5.93. The van der Waals surface area contributed by atoms with Gasteiger partial charge in [-0.05, 0) is 35.0 Å². The monoisotopic (exact) mass is 365 g/mol. The minimum atomic E-state index is -0.965. The van der Waals surface area contributed by atoms with E-state index in [4.69, 9.17) is 4.74 Å². The van der Waals surface area contributed by atoms with Gasteiger partial charge in [0.1, 0.15) is 6.33 Å². The van der Waals surface area contributed by atoms with Crippen molar-refractivity contribution in [3.63, 3.8) is 0 Å². The molecule has 0 aliphatic rings. The standard InChI is InChI=1S/C19H19N5O3/c1-14(18(25)21-16-10-6-3-7-11-16)27-19(26)17(24-13-20-22-23-24)12-15-8-4-2-5-9-15/h2-11,13-14,17H,12H2,1H3,(H,21,25)/t14-,17-/m0/s1. The molecule has 8 heteroatoms. The van der Waals surface area contributed by atoms with Crippen LogP contribution in [0.4, 0.5) is 5.69 Å². The molecule has 0 radical (unpaired) electrons. The number of ether oxygens (including phenoxy) is 1. The Morgan fingerprint density at radius 3 is 2.37 bits per heavy atom. The highest BCUT2D eigenvalue weighted by Gasteiger charge is 2.27. The number of para-hydroxylation sites is 1. The quantitative estimate of drug-likeness (QED) is 0.643.